The van der Waals surface area contributed by atoms with Gasteiger partial charge in [-0.3, -0.25) is 4.79 Å². The third-order valence-corrected chi connectivity index (χ3v) is 4.79. The van der Waals surface area contributed by atoms with Crippen molar-refractivity contribution >= 4 is 11.9 Å². The molecule has 6 nitrogen and oxygen atoms in total. The number of aliphatic carboxylic acids is 1. The number of ether oxygens (including phenoxy) is 1. The van der Waals surface area contributed by atoms with E-state index in [2.05, 4.69) is 5.32 Å². The van der Waals surface area contributed by atoms with E-state index in [0.29, 0.717) is 12.3 Å². The van der Waals surface area contributed by atoms with Gasteiger partial charge in [0, 0.05) is 18.5 Å². The van der Waals surface area contributed by atoms with E-state index in [0.717, 1.165) is 51.4 Å². The molecule has 0 radical (unpaired) electrons. The highest BCUT2D eigenvalue weighted by Crippen LogP contribution is 2.28. The van der Waals surface area contributed by atoms with E-state index in [-0.39, 0.29) is 30.7 Å². The van der Waals surface area contributed by atoms with Gasteiger partial charge in [-0.05, 0) is 57.3 Å². The smallest absolute Gasteiger partial charge is 0.329 e. The molecule has 0 heterocycles. The van der Waals surface area contributed by atoms with Gasteiger partial charge in [-0.2, -0.15) is 0 Å². The minimum atomic E-state index is -0.924. The monoisotopic (exact) mass is 312 g/mol. The SMILES string of the molecule is NC1CCCC(NC(=O)CC2CCC(OCC(=O)O)CC2)C1. The van der Waals surface area contributed by atoms with Crippen molar-refractivity contribution in [1.29, 1.82) is 0 Å². The maximum absolute atomic E-state index is 12.1. The number of rotatable bonds is 6. The Hall–Kier alpha value is -1.14. The average Bonchev–Trinajstić information content (AvgIpc) is 2.46. The number of hydrogen-bond acceptors (Lipinski definition) is 4. The van der Waals surface area contributed by atoms with E-state index >= 15 is 0 Å². The second-order valence-electron chi connectivity index (χ2n) is 6.74. The van der Waals surface area contributed by atoms with Gasteiger partial charge >= 0.3 is 5.97 Å². The molecule has 6 heteroatoms. The van der Waals surface area contributed by atoms with Crippen LogP contribution < -0.4 is 11.1 Å². The van der Waals surface area contributed by atoms with E-state index in [4.69, 9.17) is 15.6 Å². The average molecular weight is 312 g/mol. The van der Waals surface area contributed by atoms with Crippen LogP contribution in [0.2, 0.25) is 0 Å². The number of carboxylic acids is 1. The van der Waals surface area contributed by atoms with Gasteiger partial charge in [-0.25, -0.2) is 4.79 Å². The minimum Gasteiger partial charge on any atom is -0.480 e. The second-order valence-corrected chi connectivity index (χ2v) is 6.74. The molecule has 2 unspecified atom stereocenters. The molecule has 0 aromatic rings. The summed E-state index contributed by atoms with van der Waals surface area (Å²) in [5, 5.41) is 11.7. The van der Waals surface area contributed by atoms with Gasteiger partial charge in [0.15, 0.2) is 0 Å². The molecular weight excluding hydrogens is 284 g/mol. The molecule has 2 aliphatic carbocycles. The Morgan fingerprint density at radius 3 is 2.50 bits per heavy atom. The van der Waals surface area contributed by atoms with E-state index < -0.39 is 5.97 Å². The molecule has 2 saturated carbocycles. The lowest BCUT2D eigenvalue weighted by atomic mass is 9.84. The van der Waals surface area contributed by atoms with Gasteiger partial charge in [0.1, 0.15) is 6.61 Å². The Morgan fingerprint density at radius 1 is 1.14 bits per heavy atom. The molecule has 0 saturated heterocycles. The summed E-state index contributed by atoms with van der Waals surface area (Å²) in [6.45, 7) is -0.224. The van der Waals surface area contributed by atoms with Gasteiger partial charge in [0.25, 0.3) is 0 Å². The summed E-state index contributed by atoms with van der Waals surface area (Å²) in [4.78, 5) is 22.6. The lowest BCUT2D eigenvalue weighted by molar-refractivity contribution is -0.145. The van der Waals surface area contributed by atoms with Crippen molar-refractivity contribution in [3.8, 4) is 0 Å². The number of carboxylic acid groups (broad SMARTS) is 1. The zero-order chi connectivity index (χ0) is 15.9. The maximum Gasteiger partial charge on any atom is 0.329 e. The van der Waals surface area contributed by atoms with Crippen molar-refractivity contribution in [2.75, 3.05) is 6.61 Å². The Kier molecular flexibility index (Phi) is 6.64. The van der Waals surface area contributed by atoms with Crippen LogP contribution in [-0.2, 0) is 14.3 Å². The van der Waals surface area contributed by atoms with Crippen LogP contribution in [-0.4, -0.2) is 41.8 Å². The predicted molar refractivity (Wildman–Crippen MR) is 82.3 cm³/mol. The Morgan fingerprint density at radius 2 is 1.86 bits per heavy atom. The predicted octanol–water partition coefficient (Wildman–Crippen LogP) is 1.42. The van der Waals surface area contributed by atoms with Crippen LogP contribution in [0.4, 0.5) is 0 Å². The molecule has 1 amide bonds. The summed E-state index contributed by atoms with van der Waals surface area (Å²) in [5.41, 5.74) is 5.94. The van der Waals surface area contributed by atoms with E-state index in [1.165, 1.54) is 0 Å². The summed E-state index contributed by atoms with van der Waals surface area (Å²) < 4.78 is 5.32. The highest BCUT2D eigenvalue weighted by atomic mass is 16.5. The van der Waals surface area contributed by atoms with Crippen LogP contribution in [0.15, 0.2) is 0 Å². The van der Waals surface area contributed by atoms with Gasteiger partial charge in [-0.1, -0.05) is 0 Å². The lowest BCUT2D eigenvalue weighted by Gasteiger charge is -2.30. The molecule has 2 fully saturated rings. The summed E-state index contributed by atoms with van der Waals surface area (Å²) in [6.07, 6.45) is 8.24. The highest BCUT2D eigenvalue weighted by Gasteiger charge is 2.26. The first-order valence-electron chi connectivity index (χ1n) is 8.41. The number of nitrogens with two attached hydrogens (primary N) is 1. The molecule has 2 atom stereocenters. The van der Waals surface area contributed by atoms with Crippen LogP contribution >= 0.6 is 0 Å². The molecule has 22 heavy (non-hydrogen) atoms. The zero-order valence-electron chi connectivity index (χ0n) is 13.1. The Balaban J connectivity index is 1.63. The normalized spacial score (nSPS) is 32.4. The zero-order valence-corrected chi connectivity index (χ0v) is 13.1. The fourth-order valence-electron chi connectivity index (χ4n) is 3.60. The Bertz CT molecular complexity index is 380. The van der Waals surface area contributed by atoms with Gasteiger partial charge in [0.2, 0.25) is 5.91 Å². The maximum atomic E-state index is 12.1. The van der Waals surface area contributed by atoms with Crippen molar-refractivity contribution < 1.29 is 19.4 Å². The van der Waals surface area contributed by atoms with Crippen molar-refractivity contribution in [3.05, 3.63) is 0 Å². The van der Waals surface area contributed by atoms with Crippen molar-refractivity contribution in [2.45, 2.75) is 76.0 Å². The van der Waals surface area contributed by atoms with Crippen LogP contribution in [0, 0.1) is 5.92 Å². The third kappa shape index (κ3) is 5.93. The molecular formula is C16H28N2O4. The van der Waals surface area contributed by atoms with Gasteiger partial charge < -0.3 is 20.9 Å². The standard InChI is InChI=1S/C16H28N2O4/c17-12-2-1-3-13(9-12)18-15(19)8-11-4-6-14(7-5-11)22-10-16(20)21/h11-14H,1-10,17H2,(H,18,19)(H,20,21). The summed E-state index contributed by atoms with van der Waals surface area (Å²) in [7, 11) is 0. The van der Waals surface area contributed by atoms with Crippen molar-refractivity contribution in [1.82, 2.24) is 5.32 Å². The van der Waals surface area contributed by atoms with Crippen LogP contribution in [0.25, 0.3) is 0 Å². The Labute approximate surface area is 131 Å². The number of amides is 1. The third-order valence-electron chi connectivity index (χ3n) is 4.79. The summed E-state index contributed by atoms with van der Waals surface area (Å²) in [6, 6.07) is 0.465. The molecule has 2 aliphatic rings. The fourth-order valence-corrected chi connectivity index (χ4v) is 3.60. The second kappa shape index (κ2) is 8.48. The van der Waals surface area contributed by atoms with Gasteiger partial charge in [0.05, 0.1) is 6.10 Å². The van der Waals surface area contributed by atoms with E-state index in [1.54, 1.807) is 0 Å². The number of carbonyl (C=O) groups excluding carboxylic acids is 1. The van der Waals surface area contributed by atoms with Gasteiger partial charge in [-0.15, -0.1) is 0 Å². The minimum absolute atomic E-state index is 0.0340. The lowest BCUT2D eigenvalue weighted by Crippen LogP contribution is -2.42. The van der Waals surface area contributed by atoms with Crippen LogP contribution in [0.3, 0.4) is 0 Å². The number of hydrogen-bond donors (Lipinski definition) is 3. The largest absolute Gasteiger partial charge is 0.480 e. The number of carbonyl (C=O) groups is 2. The summed E-state index contributed by atoms with van der Waals surface area (Å²) in [5.74, 6) is -0.400. The molecule has 0 aliphatic heterocycles. The molecule has 126 valence electrons. The first-order valence-corrected chi connectivity index (χ1v) is 8.41. The van der Waals surface area contributed by atoms with Crippen LogP contribution in [0.5, 0.6) is 0 Å². The highest BCUT2D eigenvalue weighted by molar-refractivity contribution is 5.76. The molecule has 4 N–H and O–H groups in total. The van der Waals surface area contributed by atoms with Crippen molar-refractivity contribution in [3.63, 3.8) is 0 Å². The molecule has 0 aromatic heterocycles. The summed E-state index contributed by atoms with van der Waals surface area (Å²) >= 11 is 0. The number of nitrogens with one attached hydrogen (secondary N) is 1. The van der Waals surface area contributed by atoms with Crippen molar-refractivity contribution in [2.24, 2.45) is 11.7 Å². The fraction of sp³-hybridized carbons (Fsp3) is 0.875. The molecule has 2 rings (SSSR count). The topological polar surface area (TPSA) is 102 Å². The quantitative estimate of drug-likeness (QED) is 0.688. The molecule has 0 aromatic carbocycles. The molecule has 0 spiro atoms. The van der Waals surface area contributed by atoms with Crippen LogP contribution in [0.1, 0.15) is 57.8 Å². The first kappa shape index (κ1) is 17.2. The van der Waals surface area contributed by atoms with E-state index in [9.17, 15) is 9.59 Å². The molecule has 0 bridgehead atoms. The first-order chi connectivity index (χ1) is 10.5. The van der Waals surface area contributed by atoms with E-state index in [1.807, 2.05) is 0 Å².